The van der Waals surface area contributed by atoms with Crippen molar-refractivity contribution in [3.63, 3.8) is 0 Å². The zero-order valence-electron chi connectivity index (χ0n) is 16.0. The zero-order chi connectivity index (χ0) is 24.7. The minimum absolute atomic E-state index is 0.0422. The number of halogens is 6. The Balaban J connectivity index is 2.27. The summed E-state index contributed by atoms with van der Waals surface area (Å²) in [6, 6.07) is 4.44. The Kier molecular flexibility index (Phi) is 6.11. The summed E-state index contributed by atoms with van der Waals surface area (Å²) in [5.41, 5.74) is -5.73. The lowest BCUT2D eigenvalue weighted by Gasteiger charge is -2.15. The molecule has 0 saturated heterocycles. The number of amides is 1. The maximum atomic E-state index is 13.2. The topological polar surface area (TPSA) is 104 Å². The molecule has 2 aromatic carbocycles. The van der Waals surface area contributed by atoms with E-state index in [0.29, 0.717) is 23.5 Å². The van der Waals surface area contributed by atoms with E-state index >= 15 is 0 Å². The SMILES string of the molecule is O=C(O)CNC(=O)c1c(O)sc2c(-c3cc(C(F)(F)F)cc(C(F)(F)F)c3)cccc2c1=O. The fourth-order valence-corrected chi connectivity index (χ4v) is 4.03. The highest BCUT2D eigenvalue weighted by Gasteiger charge is 2.37. The van der Waals surface area contributed by atoms with Gasteiger partial charge in [0, 0.05) is 10.1 Å². The van der Waals surface area contributed by atoms with E-state index in [0.717, 1.165) is 6.07 Å². The average molecular weight is 491 g/mol. The summed E-state index contributed by atoms with van der Waals surface area (Å²) < 4.78 is 79.2. The summed E-state index contributed by atoms with van der Waals surface area (Å²) in [7, 11) is 0. The lowest BCUT2D eigenvalue weighted by atomic mass is 9.98. The second-order valence-electron chi connectivity index (χ2n) is 6.66. The Labute approximate surface area is 183 Å². The molecule has 6 nitrogen and oxygen atoms in total. The van der Waals surface area contributed by atoms with Gasteiger partial charge < -0.3 is 15.5 Å². The number of carboxylic acids is 1. The first kappa shape index (κ1) is 24.0. The first-order valence-corrected chi connectivity index (χ1v) is 9.60. The number of hydrogen-bond donors (Lipinski definition) is 3. The number of fused-ring (bicyclic) bond motifs is 1. The normalized spacial score (nSPS) is 12.1. The van der Waals surface area contributed by atoms with E-state index in [1.54, 1.807) is 0 Å². The highest BCUT2D eigenvalue weighted by atomic mass is 32.1. The third-order valence-corrected chi connectivity index (χ3v) is 5.47. The van der Waals surface area contributed by atoms with Crippen molar-refractivity contribution in [2.24, 2.45) is 0 Å². The van der Waals surface area contributed by atoms with Crippen LogP contribution in [0.4, 0.5) is 26.3 Å². The van der Waals surface area contributed by atoms with Crippen LogP contribution in [0.1, 0.15) is 21.5 Å². The van der Waals surface area contributed by atoms with Gasteiger partial charge in [-0.2, -0.15) is 26.3 Å². The van der Waals surface area contributed by atoms with E-state index in [9.17, 15) is 45.8 Å². The van der Waals surface area contributed by atoms with Crippen LogP contribution in [0.3, 0.4) is 0 Å². The van der Waals surface area contributed by atoms with Gasteiger partial charge in [0.2, 0.25) is 5.43 Å². The summed E-state index contributed by atoms with van der Waals surface area (Å²) in [6.45, 7) is -0.856. The summed E-state index contributed by atoms with van der Waals surface area (Å²) >= 11 is 0.378. The van der Waals surface area contributed by atoms with Crippen LogP contribution in [0.15, 0.2) is 41.2 Å². The molecule has 0 aliphatic carbocycles. The molecule has 3 aromatic rings. The van der Waals surface area contributed by atoms with Crippen LogP contribution in [-0.2, 0) is 17.1 Å². The van der Waals surface area contributed by atoms with Gasteiger partial charge in [0.05, 0.1) is 11.1 Å². The predicted octanol–water partition coefficient (Wildman–Crippen LogP) is 4.49. The van der Waals surface area contributed by atoms with Crippen molar-refractivity contribution in [3.8, 4) is 16.2 Å². The molecule has 1 amide bonds. The standard InChI is InChI=1S/C20H11F6NO5S/c21-19(22,23)9-4-8(5-10(6-9)20(24,25)26)11-2-1-3-12-15(30)14(18(32)33-16(11)12)17(31)27-7-13(28)29/h1-6,32H,7H2,(H,27,31)(H,28,29). The van der Waals surface area contributed by atoms with Gasteiger partial charge in [-0.25, -0.2) is 0 Å². The smallest absolute Gasteiger partial charge is 0.416 e. The van der Waals surface area contributed by atoms with E-state index < -0.39 is 63.5 Å². The molecule has 0 fully saturated rings. The first-order chi connectivity index (χ1) is 15.2. The predicted molar refractivity (Wildman–Crippen MR) is 105 cm³/mol. The number of carboxylic acid groups (broad SMARTS) is 1. The van der Waals surface area contributed by atoms with Gasteiger partial charge in [0.25, 0.3) is 5.91 Å². The lowest BCUT2D eigenvalue weighted by molar-refractivity contribution is -0.143. The monoisotopic (exact) mass is 491 g/mol. The van der Waals surface area contributed by atoms with Crippen molar-refractivity contribution in [1.82, 2.24) is 5.32 Å². The molecule has 174 valence electrons. The van der Waals surface area contributed by atoms with E-state index in [-0.39, 0.29) is 21.7 Å². The van der Waals surface area contributed by atoms with E-state index in [1.165, 1.54) is 12.1 Å². The van der Waals surface area contributed by atoms with Gasteiger partial charge in [-0.15, -0.1) is 0 Å². The molecule has 0 saturated carbocycles. The number of rotatable bonds is 4. The minimum Gasteiger partial charge on any atom is -0.499 e. The molecule has 0 spiro atoms. The summed E-state index contributed by atoms with van der Waals surface area (Å²) in [4.78, 5) is 35.5. The third kappa shape index (κ3) is 4.92. The van der Waals surface area contributed by atoms with Crippen molar-refractivity contribution < 1.29 is 46.1 Å². The number of carbonyl (C=O) groups is 2. The molecule has 3 rings (SSSR count). The number of nitrogens with one attached hydrogen (secondary N) is 1. The molecular formula is C20H11F6NO5S. The molecule has 0 radical (unpaired) electrons. The Hall–Kier alpha value is -3.61. The maximum absolute atomic E-state index is 13.2. The van der Waals surface area contributed by atoms with E-state index in [1.807, 2.05) is 5.32 Å². The lowest BCUT2D eigenvalue weighted by Crippen LogP contribution is -2.32. The number of hydrogen-bond acceptors (Lipinski definition) is 5. The Morgan fingerprint density at radius 3 is 2.06 bits per heavy atom. The van der Waals surface area contributed by atoms with Crippen LogP contribution in [0.2, 0.25) is 0 Å². The number of carbonyl (C=O) groups excluding carboxylic acids is 1. The van der Waals surface area contributed by atoms with Crippen molar-refractivity contribution >= 4 is 33.3 Å². The quantitative estimate of drug-likeness (QED) is 0.467. The van der Waals surface area contributed by atoms with Gasteiger partial charge in [0.1, 0.15) is 12.1 Å². The van der Waals surface area contributed by atoms with Crippen LogP contribution in [-0.4, -0.2) is 28.6 Å². The van der Waals surface area contributed by atoms with Crippen LogP contribution in [0.25, 0.3) is 21.2 Å². The van der Waals surface area contributed by atoms with Gasteiger partial charge in [-0.3, -0.25) is 14.4 Å². The fraction of sp³-hybridized carbons (Fsp3) is 0.150. The molecular weight excluding hydrogens is 480 g/mol. The molecule has 13 heteroatoms. The van der Waals surface area contributed by atoms with E-state index in [2.05, 4.69) is 0 Å². The number of aliphatic carboxylic acids is 1. The first-order valence-electron chi connectivity index (χ1n) is 8.78. The van der Waals surface area contributed by atoms with Gasteiger partial charge in [0.15, 0.2) is 5.06 Å². The second kappa shape index (κ2) is 8.39. The third-order valence-electron chi connectivity index (χ3n) is 4.43. The highest BCUT2D eigenvalue weighted by Crippen LogP contribution is 2.41. The van der Waals surface area contributed by atoms with Crippen LogP contribution in [0, 0.1) is 0 Å². The van der Waals surface area contributed by atoms with Crippen molar-refractivity contribution in [2.45, 2.75) is 12.4 Å². The number of alkyl halides is 6. The molecule has 0 unspecified atom stereocenters. The zero-order valence-corrected chi connectivity index (χ0v) is 16.8. The van der Waals surface area contributed by atoms with Crippen LogP contribution < -0.4 is 10.7 Å². The molecule has 0 aliphatic heterocycles. The molecule has 1 aromatic heterocycles. The molecule has 3 N–H and O–H groups in total. The van der Waals surface area contributed by atoms with Crippen LogP contribution >= 0.6 is 11.3 Å². The van der Waals surface area contributed by atoms with Crippen molar-refractivity contribution in [1.29, 1.82) is 0 Å². The molecule has 0 aliphatic rings. The van der Waals surface area contributed by atoms with Gasteiger partial charge >= 0.3 is 18.3 Å². The summed E-state index contributed by atoms with van der Waals surface area (Å²) in [5, 5.41) is 19.6. The largest absolute Gasteiger partial charge is 0.499 e. The summed E-state index contributed by atoms with van der Waals surface area (Å²) in [5.74, 6) is -2.63. The Bertz CT molecular complexity index is 1300. The average Bonchev–Trinajstić information content (AvgIpc) is 2.70. The van der Waals surface area contributed by atoms with E-state index in [4.69, 9.17) is 5.11 Å². The van der Waals surface area contributed by atoms with Crippen LogP contribution in [0.5, 0.6) is 5.06 Å². The Morgan fingerprint density at radius 1 is 0.970 bits per heavy atom. The molecule has 0 bridgehead atoms. The molecule has 1 heterocycles. The van der Waals surface area contributed by atoms with Crippen molar-refractivity contribution in [2.75, 3.05) is 6.54 Å². The van der Waals surface area contributed by atoms with Crippen molar-refractivity contribution in [3.05, 3.63) is 63.3 Å². The highest BCUT2D eigenvalue weighted by molar-refractivity contribution is 7.20. The summed E-state index contributed by atoms with van der Waals surface area (Å²) in [6.07, 6.45) is -10.2. The number of aromatic hydroxyl groups is 1. The van der Waals surface area contributed by atoms with Gasteiger partial charge in [-0.1, -0.05) is 23.5 Å². The second-order valence-corrected chi connectivity index (χ2v) is 7.66. The Morgan fingerprint density at radius 2 is 1.55 bits per heavy atom. The minimum atomic E-state index is -5.09. The molecule has 33 heavy (non-hydrogen) atoms. The molecule has 0 atom stereocenters. The number of benzene rings is 2. The van der Waals surface area contributed by atoms with Gasteiger partial charge in [-0.05, 0) is 35.4 Å². The maximum Gasteiger partial charge on any atom is 0.416 e. The fourth-order valence-electron chi connectivity index (χ4n) is 2.99.